The first-order chi connectivity index (χ1) is 16.6. The summed E-state index contributed by atoms with van der Waals surface area (Å²) in [6, 6.07) is 18.3. The summed E-state index contributed by atoms with van der Waals surface area (Å²) >= 11 is 0. The van der Waals surface area contributed by atoms with Crippen LogP contribution in [-0.4, -0.2) is 24.1 Å². The smallest absolute Gasteiger partial charge is 0.310 e. The number of hydrogen-bond donors (Lipinski definition) is 0. The molecule has 0 amide bonds. The molecule has 0 radical (unpaired) electrons. The summed E-state index contributed by atoms with van der Waals surface area (Å²) in [4.78, 5) is 25.9. The van der Waals surface area contributed by atoms with Gasteiger partial charge in [-0.15, -0.1) is 0 Å². The zero-order chi connectivity index (χ0) is 23.7. The first-order valence-electron chi connectivity index (χ1n) is 12.4. The van der Waals surface area contributed by atoms with E-state index in [0.717, 1.165) is 24.0 Å². The van der Waals surface area contributed by atoms with Crippen LogP contribution in [0.25, 0.3) is 0 Å². The van der Waals surface area contributed by atoms with E-state index >= 15 is 0 Å². The van der Waals surface area contributed by atoms with E-state index in [0.29, 0.717) is 11.8 Å². The molecule has 2 bridgehead atoms. The molecule has 0 spiro atoms. The summed E-state index contributed by atoms with van der Waals surface area (Å²) < 4.78 is 12.2. The molecule has 2 saturated carbocycles. The Kier molecular flexibility index (Phi) is 6.40. The highest BCUT2D eigenvalue weighted by molar-refractivity contribution is 5.74. The van der Waals surface area contributed by atoms with Gasteiger partial charge in [0.15, 0.2) is 0 Å². The molecule has 0 heterocycles. The van der Waals surface area contributed by atoms with Gasteiger partial charge in [0, 0.05) is 11.8 Å². The number of benzene rings is 2. The largest absolute Gasteiger partial charge is 0.458 e. The predicted octanol–water partition coefficient (Wildman–Crippen LogP) is 5.57. The Hall–Kier alpha value is -3.14. The maximum Gasteiger partial charge on any atom is 0.310 e. The summed E-state index contributed by atoms with van der Waals surface area (Å²) in [7, 11) is 0. The van der Waals surface area contributed by atoms with Crippen molar-refractivity contribution in [2.75, 3.05) is 0 Å². The number of fused-ring (bicyclic) bond motifs is 7. The fourth-order valence-electron chi connectivity index (χ4n) is 6.56. The third-order valence-corrected chi connectivity index (χ3v) is 7.88. The van der Waals surface area contributed by atoms with Crippen molar-refractivity contribution in [3.05, 3.63) is 95.1 Å². The van der Waals surface area contributed by atoms with Crippen molar-refractivity contribution in [1.29, 1.82) is 0 Å². The van der Waals surface area contributed by atoms with Gasteiger partial charge in [-0.1, -0.05) is 72.8 Å². The molecular weight excluding hydrogens is 424 g/mol. The van der Waals surface area contributed by atoms with Crippen LogP contribution in [0.5, 0.6) is 0 Å². The topological polar surface area (TPSA) is 52.6 Å². The van der Waals surface area contributed by atoms with Crippen LogP contribution in [0.15, 0.2) is 78.4 Å². The van der Waals surface area contributed by atoms with Gasteiger partial charge in [0.1, 0.15) is 12.2 Å². The molecule has 0 N–H and O–H groups in total. The lowest BCUT2D eigenvalue weighted by atomic mass is 9.76. The van der Waals surface area contributed by atoms with Gasteiger partial charge in [-0.25, -0.2) is 0 Å². The molecule has 3 aliphatic rings. The zero-order valence-corrected chi connectivity index (χ0v) is 19.9. The van der Waals surface area contributed by atoms with E-state index in [1.54, 1.807) is 0 Å². The van der Waals surface area contributed by atoms with Crippen LogP contribution in [0.4, 0.5) is 0 Å². The second-order valence-corrected chi connectivity index (χ2v) is 9.77. The van der Waals surface area contributed by atoms with Crippen LogP contribution in [0, 0.1) is 17.8 Å². The molecule has 4 nitrogen and oxygen atoms in total. The molecule has 2 aromatic rings. The van der Waals surface area contributed by atoms with Crippen molar-refractivity contribution in [1.82, 2.24) is 0 Å². The first-order valence-corrected chi connectivity index (χ1v) is 12.4. The van der Waals surface area contributed by atoms with Gasteiger partial charge in [-0.2, -0.15) is 0 Å². The quantitative estimate of drug-likeness (QED) is 0.404. The summed E-state index contributed by atoms with van der Waals surface area (Å²) in [5.41, 5.74) is 4.63. The maximum atomic E-state index is 12.9. The lowest BCUT2D eigenvalue weighted by Gasteiger charge is -2.37. The van der Waals surface area contributed by atoms with Crippen molar-refractivity contribution in [2.45, 2.75) is 57.7 Å². The van der Waals surface area contributed by atoms with Gasteiger partial charge >= 0.3 is 11.9 Å². The normalized spacial score (nSPS) is 29.2. The molecule has 3 aliphatic carbocycles. The molecule has 4 heteroatoms. The molecule has 0 aromatic heterocycles. The van der Waals surface area contributed by atoms with Crippen molar-refractivity contribution in [3.63, 3.8) is 0 Å². The molecule has 34 heavy (non-hydrogen) atoms. The van der Waals surface area contributed by atoms with Crippen LogP contribution >= 0.6 is 0 Å². The zero-order valence-electron chi connectivity index (χ0n) is 19.9. The van der Waals surface area contributed by atoms with Crippen molar-refractivity contribution < 1.29 is 19.1 Å². The highest BCUT2D eigenvalue weighted by Gasteiger charge is 2.63. The van der Waals surface area contributed by atoms with Crippen LogP contribution in [-0.2, 0) is 31.9 Å². The molecule has 2 aromatic carbocycles. The fraction of sp³-hybridized carbons (Fsp3) is 0.400. The standard InChI is InChI=1S/C30H32O4/c1-3-10-19(4-2)15-26(31)33-29-24-18-25(28-22-14-9-8-13-21(22)17-23(24)28)30(29)34-27(32)16-20-11-6-5-7-12-20/h3-14,23-25,28-30H,15-18H2,1-2H3/b10-3-,19-4+. The Morgan fingerprint density at radius 3 is 2.35 bits per heavy atom. The van der Waals surface area contributed by atoms with Crippen LogP contribution in [0.1, 0.15) is 49.3 Å². The van der Waals surface area contributed by atoms with Crippen molar-refractivity contribution in [3.8, 4) is 0 Å². The average molecular weight is 457 g/mol. The predicted molar refractivity (Wildman–Crippen MR) is 131 cm³/mol. The van der Waals surface area contributed by atoms with Gasteiger partial charge in [0.2, 0.25) is 0 Å². The minimum atomic E-state index is -0.395. The lowest BCUT2D eigenvalue weighted by molar-refractivity contribution is -0.174. The number of carbonyl (C=O) groups is 2. The van der Waals surface area contributed by atoms with E-state index < -0.39 is 6.10 Å². The van der Waals surface area contributed by atoms with Gasteiger partial charge in [-0.05, 0) is 60.8 Å². The summed E-state index contributed by atoms with van der Waals surface area (Å²) in [6.45, 7) is 3.86. The average Bonchev–Trinajstić information content (AvgIpc) is 3.49. The molecule has 6 atom stereocenters. The molecule has 5 rings (SSSR count). The maximum absolute atomic E-state index is 12.9. The first kappa shape index (κ1) is 22.6. The number of ether oxygens (including phenoxy) is 2. The number of hydrogen-bond acceptors (Lipinski definition) is 4. The second-order valence-electron chi connectivity index (χ2n) is 9.77. The monoisotopic (exact) mass is 456 g/mol. The van der Waals surface area contributed by atoms with Gasteiger partial charge in [0.05, 0.1) is 12.8 Å². The highest BCUT2D eigenvalue weighted by atomic mass is 16.6. The molecule has 6 unspecified atom stereocenters. The lowest BCUT2D eigenvalue weighted by Crippen LogP contribution is -2.45. The van der Waals surface area contributed by atoms with E-state index in [4.69, 9.17) is 9.47 Å². The minimum absolute atomic E-state index is 0.188. The Morgan fingerprint density at radius 2 is 1.59 bits per heavy atom. The van der Waals surface area contributed by atoms with Gasteiger partial charge < -0.3 is 9.47 Å². The number of rotatable bonds is 7. The molecule has 2 fully saturated rings. The second kappa shape index (κ2) is 9.61. The summed E-state index contributed by atoms with van der Waals surface area (Å²) in [5.74, 6) is 0.723. The minimum Gasteiger partial charge on any atom is -0.458 e. The number of esters is 2. The number of carbonyl (C=O) groups excluding carboxylic acids is 2. The summed E-state index contributed by atoms with van der Waals surface area (Å²) in [6.07, 6.45) is 7.43. The van der Waals surface area contributed by atoms with Crippen LogP contribution in [0.2, 0.25) is 0 Å². The molecule has 0 aliphatic heterocycles. The van der Waals surface area contributed by atoms with Crippen molar-refractivity contribution >= 4 is 11.9 Å². The third-order valence-electron chi connectivity index (χ3n) is 7.88. The summed E-state index contributed by atoms with van der Waals surface area (Å²) in [5, 5.41) is 0. The van der Waals surface area contributed by atoms with E-state index in [-0.39, 0.29) is 42.7 Å². The number of allylic oxidation sites excluding steroid dienone is 3. The van der Waals surface area contributed by atoms with E-state index in [1.165, 1.54) is 11.1 Å². The van der Waals surface area contributed by atoms with Crippen LogP contribution in [0.3, 0.4) is 0 Å². The fourth-order valence-corrected chi connectivity index (χ4v) is 6.56. The molecule has 176 valence electrons. The molecule has 0 saturated heterocycles. The Morgan fingerprint density at radius 1 is 0.882 bits per heavy atom. The molecular formula is C30H32O4. The Balaban J connectivity index is 1.37. The van der Waals surface area contributed by atoms with Gasteiger partial charge in [0.25, 0.3) is 0 Å². The van der Waals surface area contributed by atoms with E-state index in [1.807, 2.05) is 62.4 Å². The van der Waals surface area contributed by atoms with Crippen LogP contribution < -0.4 is 0 Å². The van der Waals surface area contributed by atoms with Crippen molar-refractivity contribution in [2.24, 2.45) is 17.8 Å². The Labute approximate surface area is 201 Å². The third kappa shape index (κ3) is 4.22. The van der Waals surface area contributed by atoms with E-state index in [9.17, 15) is 9.59 Å². The SMILES string of the molecule is C/C=C\C(=C/C)CC(=O)OC1C2CC(C1OC(=O)Cc1ccccc1)C1c3ccccc3CC21. The Bertz CT molecular complexity index is 1120. The highest BCUT2D eigenvalue weighted by Crippen LogP contribution is 2.62. The van der Waals surface area contributed by atoms with Gasteiger partial charge in [-0.3, -0.25) is 9.59 Å². The van der Waals surface area contributed by atoms with E-state index in [2.05, 4.69) is 24.3 Å².